The summed E-state index contributed by atoms with van der Waals surface area (Å²) in [5.41, 5.74) is 0.550. The van der Waals surface area contributed by atoms with E-state index in [1.165, 1.54) is 6.07 Å². The Labute approximate surface area is 105 Å². The van der Waals surface area contributed by atoms with Crippen LogP contribution in [-0.4, -0.2) is 17.9 Å². The van der Waals surface area contributed by atoms with E-state index in [0.717, 1.165) is 0 Å². The highest BCUT2D eigenvalue weighted by Gasteiger charge is 2.17. The van der Waals surface area contributed by atoms with E-state index < -0.39 is 0 Å². The van der Waals surface area contributed by atoms with Gasteiger partial charge >= 0.3 is 0 Å². The van der Waals surface area contributed by atoms with Crippen molar-refractivity contribution in [2.24, 2.45) is 0 Å². The maximum atomic E-state index is 11.5. The molecule has 0 aliphatic carbocycles. The fourth-order valence-electron chi connectivity index (χ4n) is 1.16. The van der Waals surface area contributed by atoms with Gasteiger partial charge in [0.05, 0.1) is 17.5 Å². The molecule has 0 unspecified atom stereocenters. The fourth-order valence-corrected chi connectivity index (χ4v) is 2.07. The number of carbonyl (C=O) groups excluding carboxylic acids is 2. The van der Waals surface area contributed by atoms with Crippen LogP contribution in [0.2, 0.25) is 0 Å². The quantitative estimate of drug-likeness (QED) is 0.369. The van der Waals surface area contributed by atoms with E-state index in [0.29, 0.717) is 9.86 Å². The van der Waals surface area contributed by atoms with Crippen molar-refractivity contribution in [3.05, 3.63) is 32.4 Å². The normalized spacial score (nSPS) is 9.40. The molecule has 5 heteroatoms. The largest absolute Gasteiger partial charge is 0.298 e. The lowest BCUT2D eigenvalue weighted by molar-refractivity contribution is 0.101. The molecule has 0 fully saturated rings. The molecule has 0 aliphatic rings. The SMILES string of the molecule is N#Cc1ccc(I)c(C(=O)CCl)c1C=O. The average molecular weight is 334 g/mol. The zero-order valence-corrected chi connectivity index (χ0v) is 10.4. The summed E-state index contributed by atoms with van der Waals surface area (Å²) in [6.07, 6.45) is 0.514. The minimum absolute atomic E-state index is 0.120. The summed E-state index contributed by atoms with van der Waals surface area (Å²) >= 11 is 7.36. The van der Waals surface area contributed by atoms with Gasteiger partial charge in [0, 0.05) is 14.7 Å². The number of Topliss-reactive ketones (excluding diaryl/α,β-unsaturated/α-hetero) is 1. The predicted octanol–water partition coefficient (Wildman–Crippen LogP) is 2.40. The molecule has 0 radical (unpaired) electrons. The van der Waals surface area contributed by atoms with Gasteiger partial charge in [-0.05, 0) is 34.7 Å². The number of hydrogen-bond donors (Lipinski definition) is 0. The number of benzene rings is 1. The fraction of sp³-hybridized carbons (Fsp3) is 0.100. The molecule has 0 amide bonds. The number of aldehydes is 1. The number of ketones is 1. The number of alkyl halides is 1. The Hall–Kier alpha value is -0.930. The molecule has 0 atom stereocenters. The van der Waals surface area contributed by atoms with Crippen LogP contribution in [0.4, 0.5) is 0 Å². The van der Waals surface area contributed by atoms with Gasteiger partial charge in [0.25, 0.3) is 0 Å². The second kappa shape index (κ2) is 5.24. The Morgan fingerprint density at radius 1 is 1.60 bits per heavy atom. The molecule has 1 aromatic carbocycles. The van der Waals surface area contributed by atoms with E-state index in [9.17, 15) is 9.59 Å². The Bertz CT molecular complexity index is 465. The molecule has 15 heavy (non-hydrogen) atoms. The summed E-state index contributed by atoms with van der Waals surface area (Å²) in [7, 11) is 0. The van der Waals surface area contributed by atoms with Crippen molar-refractivity contribution in [2.75, 3.05) is 5.88 Å². The lowest BCUT2D eigenvalue weighted by atomic mass is 10.0. The number of carbonyl (C=O) groups is 2. The van der Waals surface area contributed by atoms with E-state index in [4.69, 9.17) is 16.9 Å². The Kier molecular flexibility index (Phi) is 4.24. The zero-order chi connectivity index (χ0) is 11.4. The Morgan fingerprint density at radius 2 is 2.27 bits per heavy atom. The average Bonchev–Trinajstić information content (AvgIpc) is 2.27. The minimum Gasteiger partial charge on any atom is -0.298 e. The summed E-state index contributed by atoms with van der Waals surface area (Å²) < 4.78 is 0.624. The third-order valence-corrected chi connectivity index (χ3v) is 2.97. The molecular weight excluding hydrogens is 328 g/mol. The number of nitriles is 1. The van der Waals surface area contributed by atoms with E-state index >= 15 is 0 Å². The van der Waals surface area contributed by atoms with Crippen LogP contribution in [0.1, 0.15) is 26.3 Å². The molecule has 0 bridgehead atoms. The summed E-state index contributed by atoms with van der Waals surface area (Å²) in [5, 5.41) is 8.76. The van der Waals surface area contributed by atoms with Gasteiger partial charge in [0.1, 0.15) is 0 Å². The second-order valence-electron chi connectivity index (χ2n) is 2.67. The van der Waals surface area contributed by atoms with E-state index in [-0.39, 0.29) is 28.4 Å². The molecule has 0 aromatic heterocycles. The molecule has 76 valence electrons. The molecule has 0 heterocycles. The van der Waals surface area contributed by atoms with Crippen molar-refractivity contribution in [1.29, 1.82) is 5.26 Å². The topological polar surface area (TPSA) is 57.9 Å². The molecule has 3 nitrogen and oxygen atoms in total. The number of rotatable bonds is 3. The van der Waals surface area contributed by atoms with Crippen LogP contribution in [0.25, 0.3) is 0 Å². The molecule has 0 aliphatic heterocycles. The highest BCUT2D eigenvalue weighted by molar-refractivity contribution is 14.1. The first kappa shape index (κ1) is 12.1. The summed E-state index contributed by atoms with van der Waals surface area (Å²) in [6.45, 7) is 0. The number of halogens is 2. The van der Waals surface area contributed by atoms with Crippen LogP contribution in [0, 0.1) is 14.9 Å². The highest BCUT2D eigenvalue weighted by Crippen LogP contribution is 2.20. The van der Waals surface area contributed by atoms with Crippen LogP contribution in [-0.2, 0) is 0 Å². The first-order valence-electron chi connectivity index (χ1n) is 3.92. The van der Waals surface area contributed by atoms with Crippen molar-refractivity contribution < 1.29 is 9.59 Å². The smallest absolute Gasteiger partial charge is 0.179 e. The maximum absolute atomic E-state index is 11.5. The standard InChI is InChI=1S/C10H5ClINO2/c11-3-9(15)10-7(5-14)6(4-13)1-2-8(10)12/h1-2,5H,3H2. The van der Waals surface area contributed by atoms with Crippen molar-refractivity contribution in [1.82, 2.24) is 0 Å². The Morgan fingerprint density at radius 3 is 2.73 bits per heavy atom. The molecule has 0 saturated heterocycles. The lowest BCUT2D eigenvalue weighted by Crippen LogP contribution is -2.09. The van der Waals surface area contributed by atoms with Gasteiger partial charge in [-0.1, -0.05) is 0 Å². The zero-order valence-electron chi connectivity index (χ0n) is 7.46. The van der Waals surface area contributed by atoms with Gasteiger partial charge in [0.2, 0.25) is 0 Å². The van der Waals surface area contributed by atoms with Crippen LogP contribution < -0.4 is 0 Å². The predicted molar refractivity (Wildman–Crippen MR) is 64.3 cm³/mol. The molecule has 0 spiro atoms. The summed E-state index contributed by atoms with van der Waals surface area (Å²) in [6, 6.07) is 4.99. The second-order valence-corrected chi connectivity index (χ2v) is 4.10. The highest BCUT2D eigenvalue weighted by atomic mass is 127. The first-order valence-corrected chi connectivity index (χ1v) is 5.54. The third kappa shape index (κ3) is 2.36. The maximum Gasteiger partial charge on any atom is 0.179 e. The van der Waals surface area contributed by atoms with Gasteiger partial charge in [-0.3, -0.25) is 9.59 Å². The first-order chi connectivity index (χ1) is 7.15. The van der Waals surface area contributed by atoms with Crippen molar-refractivity contribution in [3.63, 3.8) is 0 Å². The lowest BCUT2D eigenvalue weighted by Gasteiger charge is -2.05. The van der Waals surface area contributed by atoms with Crippen molar-refractivity contribution >= 4 is 46.3 Å². The number of nitrogens with zero attached hydrogens (tertiary/aromatic N) is 1. The molecule has 0 N–H and O–H groups in total. The molecule has 1 rings (SSSR count). The van der Waals surface area contributed by atoms with Gasteiger partial charge in [0.15, 0.2) is 12.1 Å². The third-order valence-electron chi connectivity index (χ3n) is 1.83. The molecular formula is C10H5ClINO2. The van der Waals surface area contributed by atoms with Crippen LogP contribution in [0.5, 0.6) is 0 Å². The van der Waals surface area contributed by atoms with Gasteiger partial charge in [-0.15, -0.1) is 11.6 Å². The van der Waals surface area contributed by atoms with Crippen LogP contribution in [0.3, 0.4) is 0 Å². The van der Waals surface area contributed by atoms with E-state index in [2.05, 4.69) is 0 Å². The van der Waals surface area contributed by atoms with Crippen LogP contribution in [0.15, 0.2) is 12.1 Å². The van der Waals surface area contributed by atoms with Crippen molar-refractivity contribution in [2.45, 2.75) is 0 Å². The van der Waals surface area contributed by atoms with Crippen LogP contribution >= 0.6 is 34.2 Å². The Balaban J connectivity index is 3.54. The van der Waals surface area contributed by atoms with Gasteiger partial charge in [-0.25, -0.2) is 0 Å². The van der Waals surface area contributed by atoms with Gasteiger partial charge < -0.3 is 0 Å². The monoisotopic (exact) mass is 333 g/mol. The molecule has 1 aromatic rings. The molecule has 0 saturated carbocycles. The summed E-state index contributed by atoms with van der Waals surface area (Å²) in [5.74, 6) is -0.550. The van der Waals surface area contributed by atoms with Crippen molar-refractivity contribution in [3.8, 4) is 6.07 Å². The van der Waals surface area contributed by atoms with E-state index in [1.54, 1.807) is 6.07 Å². The van der Waals surface area contributed by atoms with Gasteiger partial charge in [-0.2, -0.15) is 5.26 Å². The summed E-state index contributed by atoms with van der Waals surface area (Å²) in [4.78, 5) is 22.3. The minimum atomic E-state index is -0.347. The number of hydrogen-bond acceptors (Lipinski definition) is 3. The van der Waals surface area contributed by atoms with E-state index in [1.807, 2.05) is 28.7 Å².